The normalized spacial score (nSPS) is 19.6. The average Bonchev–Trinajstić information content (AvgIpc) is 3.15. The first-order valence-corrected chi connectivity index (χ1v) is 7.18. The molecular formula is C16H14CsFN4O2. The molecule has 2 amide bonds. The molecule has 1 aromatic heterocycles. The number of H-pyrrole nitrogens is 1. The molecule has 24 heavy (non-hydrogen) atoms. The largest absolute Gasteiger partial charge is 1.00 e. The fraction of sp³-hybridized carbons (Fsp3) is 0.312. The summed E-state index contributed by atoms with van der Waals surface area (Å²) in [6.07, 6.45) is 0.392. The molecule has 118 valence electrons. The van der Waals surface area contributed by atoms with Gasteiger partial charge in [-0.3, -0.25) is 9.59 Å². The van der Waals surface area contributed by atoms with Crippen molar-refractivity contribution in [3.05, 3.63) is 36.0 Å². The van der Waals surface area contributed by atoms with Gasteiger partial charge in [0.05, 0.1) is 19.2 Å². The number of aromatic nitrogens is 1. The van der Waals surface area contributed by atoms with Gasteiger partial charge in [0.15, 0.2) is 0 Å². The Balaban J connectivity index is 0.00000208. The van der Waals surface area contributed by atoms with Gasteiger partial charge >= 0.3 is 68.9 Å². The Morgan fingerprint density at radius 3 is 3.08 bits per heavy atom. The number of aromatic amines is 1. The van der Waals surface area contributed by atoms with E-state index >= 15 is 0 Å². The quantitative estimate of drug-likeness (QED) is 0.544. The third-order valence-electron chi connectivity index (χ3n) is 3.89. The summed E-state index contributed by atoms with van der Waals surface area (Å²) in [5.74, 6) is -0.862. The summed E-state index contributed by atoms with van der Waals surface area (Å²) >= 11 is 0. The summed E-state index contributed by atoms with van der Waals surface area (Å²) in [6, 6.07) is 9.21. The van der Waals surface area contributed by atoms with E-state index in [1.165, 1.54) is 4.90 Å². The molecule has 1 unspecified atom stereocenters. The first-order valence-electron chi connectivity index (χ1n) is 7.18. The molecule has 1 aliphatic rings. The molecule has 1 aliphatic heterocycles. The van der Waals surface area contributed by atoms with Gasteiger partial charge in [-0.25, -0.2) is 4.39 Å². The van der Waals surface area contributed by atoms with Crippen LogP contribution in [0.5, 0.6) is 0 Å². The molecule has 2 N–H and O–H groups in total. The van der Waals surface area contributed by atoms with Crippen molar-refractivity contribution in [3.8, 4) is 6.07 Å². The second kappa shape index (κ2) is 8.51. The molecule has 1 saturated heterocycles. The van der Waals surface area contributed by atoms with E-state index in [0.29, 0.717) is 5.56 Å². The van der Waals surface area contributed by atoms with Crippen molar-refractivity contribution in [2.45, 2.75) is 18.6 Å². The van der Waals surface area contributed by atoms with Gasteiger partial charge in [-0.1, -0.05) is 10.9 Å². The van der Waals surface area contributed by atoms with Crippen LogP contribution < -0.4 is 74.2 Å². The first kappa shape index (κ1) is 19.5. The Labute approximate surface area is 197 Å². The van der Waals surface area contributed by atoms with Crippen molar-refractivity contribution in [1.82, 2.24) is 15.2 Å². The minimum atomic E-state index is -1.19. The molecule has 2 heterocycles. The number of rotatable bonds is 3. The Hall–Kier alpha value is -0.828. The number of nitrogens with one attached hydrogen (secondary N) is 2. The van der Waals surface area contributed by atoms with Gasteiger partial charge in [0.25, 0.3) is 5.91 Å². The van der Waals surface area contributed by atoms with Crippen LogP contribution in [0.3, 0.4) is 0 Å². The maximum absolute atomic E-state index is 13.3. The first-order chi connectivity index (χ1) is 11.1. The maximum Gasteiger partial charge on any atom is 1.00 e. The molecule has 0 aliphatic carbocycles. The second-order valence-corrected chi connectivity index (χ2v) is 5.38. The van der Waals surface area contributed by atoms with E-state index in [2.05, 4.69) is 16.4 Å². The zero-order valence-electron chi connectivity index (χ0n) is 13.2. The smallest absolute Gasteiger partial charge is 0.413 e. The van der Waals surface area contributed by atoms with Crippen LogP contribution in [0.1, 0.15) is 16.8 Å². The minimum Gasteiger partial charge on any atom is -0.413 e. The number of nitriles is 1. The molecule has 0 bridgehead atoms. The van der Waals surface area contributed by atoms with E-state index in [9.17, 15) is 14.0 Å². The van der Waals surface area contributed by atoms with Gasteiger partial charge in [0, 0.05) is 18.2 Å². The summed E-state index contributed by atoms with van der Waals surface area (Å²) in [5.41, 5.74) is 1.19. The monoisotopic (exact) mass is 446 g/mol. The molecule has 6 nitrogen and oxygen atoms in total. The molecule has 0 radical (unpaired) electrons. The van der Waals surface area contributed by atoms with E-state index < -0.39 is 24.0 Å². The van der Waals surface area contributed by atoms with Crippen LogP contribution in [-0.2, 0) is 4.79 Å². The van der Waals surface area contributed by atoms with Crippen LogP contribution in [-0.4, -0.2) is 47.0 Å². The minimum absolute atomic E-state index is 0. The molecule has 8 heteroatoms. The summed E-state index contributed by atoms with van der Waals surface area (Å²) in [7, 11) is 0. The van der Waals surface area contributed by atoms with Gasteiger partial charge < -0.3 is 15.2 Å². The van der Waals surface area contributed by atoms with Crippen molar-refractivity contribution in [2.75, 3.05) is 13.1 Å². The number of likely N-dealkylation sites (tertiary alicyclic amines) is 1. The van der Waals surface area contributed by atoms with Crippen LogP contribution in [0.2, 0.25) is 0 Å². The van der Waals surface area contributed by atoms with Crippen LogP contribution in [0.4, 0.5) is 4.39 Å². The number of carbonyl (C=O) groups is 2. The fourth-order valence-corrected chi connectivity index (χ4v) is 2.74. The number of nitrogens with zero attached hydrogens (tertiary/aromatic N) is 2. The number of hydrogen-bond acceptors (Lipinski definition) is 3. The third-order valence-corrected chi connectivity index (χ3v) is 3.89. The van der Waals surface area contributed by atoms with Crippen molar-refractivity contribution in [3.63, 3.8) is 0 Å². The number of alkyl halides is 1. The molecule has 0 saturated carbocycles. The van der Waals surface area contributed by atoms with Crippen LogP contribution in [0.15, 0.2) is 24.4 Å². The Bertz CT molecular complexity index is 801. The molecule has 0 spiro atoms. The fourth-order valence-electron chi connectivity index (χ4n) is 2.74. The summed E-state index contributed by atoms with van der Waals surface area (Å²) < 4.78 is 13.3. The number of halogens is 1. The molecular weight excluding hydrogens is 432 g/mol. The van der Waals surface area contributed by atoms with E-state index in [1.54, 1.807) is 24.4 Å². The number of hydrogen-bond donors (Lipinski definition) is 2. The SMILES string of the molecule is N#C[C@@H]1CC(F)CN1C(=O)CNC(=O)c1c[nH]c2c[c-]ccc12.[Cs+]. The van der Waals surface area contributed by atoms with Gasteiger partial charge in [0.2, 0.25) is 5.91 Å². The van der Waals surface area contributed by atoms with E-state index in [-0.39, 0.29) is 88.4 Å². The Morgan fingerprint density at radius 2 is 2.33 bits per heavy atom. The van der Waals surface area contributed by atoms with E-state index in [1.807, 2.05) is 6.07 Å². The van der Waals surface area contributed by atoms with E-state index in [4.69, 9.17) is 5.26 Å². The molecule has 2 aromatic rings. The number of carbonyl (C=O) groups excluding carboxylic acids is 2. The number of fused-ring (bicyclic) bond motifs is 1. The van der Waals surface area contributed by atoms with Gasteiger partial charge in [-0.05, 0) is 0 Å². The van der Waals surface area contributed by atoms with Gasteiger partial charge in [-0.15, -0.1) is 0 Å². The maximum atomic E-state index is 13.3. The van der Waals surface area contributed by atoms with Crippen LogP contribution >= 0.6 is 0 Å². The third kappa shape index (κ3) is 4.04. The van der Waals surface area contributed by atoms with Crippen LogP contribution in [0.25, 0.3) is 10.9 Å². The molecule has 1 fully saturated rings. The standard InChI is InChI=1S/C16H14FN4O2.Cs/c17-10-5-11(6-18)21(9-10)15(22)8-20-16(23)13-7-19-14-4-2-1-3-12(13)14;/h1,3-4,7,10-11,19H,5,8-9H2,(H,20,23);/q-1;+1/t10?,11-;/m0./s1. The van der Waals surface area contributed by atoms with Crippen molar-refractivity contribution >= 4 is 22.7 Å². The van der Waals surface area contributed by atoms with Crippen molar-refractivity contribution in [2.24, 2.45) is 0 Å². The molecule has 3 rings (SSSR count). The van der Waals surface area contributed by atoms with Gasteiger partial charge in [-0.2, -0.15) is 29.5 Å². The Kier molecular flexibility index (Phi) is 6.91. The van der Waals surface area contributed by atoms with Crippen molar-refractivity contribution in [1.29, 1.82) is 5.26 Å². The van der Waals surface area contributed by atoms with Gasteiger partial charge in [0.1, 0.15) is 12.2 Å². The summed E-state index contributed by atoms with van der Waals surface area (Å²) in [4.78, 5) is 28.4. The summed E-state index contributed by atoms with van der Waals surface area (Å²) in [5, 5.41) is 12.2. The van der Waals surface area contributed by atoms with Crippen LogP contribution in [0, 0.1) is 17.4 Å². The predicted molar refractivity (Wildman–Crippen MR) is 80.1 cm³/mol. The molecule has 1 aromatic carbocycles. The van der Waals surface area contributed by atoms with E-state index in [0.717, 1.165) is 10.9 Å². The summed E-state index contributed by atoms with van der Waals surface area (Å²) in [6.45, 7) is -0.370. The average molecular weight is 446 g/mol. The Morgan fingerprint density at radius 1 is 1.54 bits per heavy atom. The topological polar surface area (TPSA) is 89.0 Å². The number of amides is 2. The zero-order chi connectivity index (χ0) is 16.4. The number of benzene rings is 1. The van der Waals surface area contributed by atoms with Crippen molar-refractivity contribution < 1.29 is 82.9 Å². The zero-order valence-corrected chi connectivity index (χ0v) is 19.5. The molecule has 2 atom stereocenters. The second-order valence-electron chi connectivity index (χ2n) is 5.38. The predicted octanol–water partition coefficient (Wildman–Crippen LogP) is -1.84.